The summed E-state index contributed by atoms with van der Waals surface area (Å²) in [6.07, 6.45) is 4.30. The van der Waals surface area contributed by atoms with Gasteiger partial charge in [-0.15, -0.1) is 34.9 Å². The van der Waals surface area contributed by atoms with E-state index in [-0.39, 0.29) is 37.4 Å². The molecule has 0 aliphatic heterocycles. The predicted molar refractivity (Wildman–Crippen MR) is 164 cm³/mol. The zero-order valence-electron chi connectivity index (χ0n) is 24.9. The van der Waals surface area contributed by atoms with E-state index in [9.17, 15) is 14.7 Å². The molecule has 0 amide bonds. The molecule has 0 bridgehead atoms. The zero-order chi connectivity index (χ0) is 29.1. The second kappa shape index (κ2) is 13.5. The van der Waals surface area contributed by atoms with E-state index in [1.807, 2.05) is 65.1 Å². The molecule has 1 N–H and O–H groups in total. The van der Waals surface area contributed by atoms with E-state index >= 15 is 0 Å². The number of allylic oxidation sites excluding steroid dienone is 2. The van der Waals surface area contributed by atoms with Crippen LogP contribution in [0.25, 0.3) is 33.2 Å². The summed E-state index contributed by atoms with van der Waals surface area (Å²) in [5.74, 6) is 1.08. The van der Waals surface area contributed by atoms with Gasteiger partial charge in [-0.05, 0) is 70.1 Å². The van der Waals surface area contributed by atoms with Crippen LogP contribution >= 0.6 is 0 Å². The first-order valence-electron chi connectivity index (χ1n) is 13.9. The molecule has 1 heterocycles. The molecule has 3 aromatic carbocycles. The first-order valence-corrected chi connectivity index (χ1v) is 13.9. The van der Waals surface area contributed by atoms with Gasteiger partial charge in [0.05, 0.1) is 5.76 Å². The van der Waals surface area contributed by atoms with E-state index in [0.717, 1.165) is 55.4 Å². The summed E-state index contributed by atoms with van der Waals surface area (Å²) in [5.41, 5.74) is 8.91. The van der Waals surface area contributed by atoms with Crippen molar-refractivity contribution in [2.45, 2.75) is 61.3 Å². The molecule has 0 saturated heterocycles. The second-order valence-corrected chi connectivity index (χ2v) is 11.7. The fourth-order valence-electron chi connectivity index (χ4n) is 5.34. The Morgan fingerprint density at radius 3 is 2.29 bits per heavy atom. The molecule has 5 rings (SSSR count). The SMILES string of the molecule is CC(C)CC(=O)/C=C(\O)CC(C)C.Cc1[c-]c(-c2nccc3cc4c(cc23)C(=O)c2cccc(C)c2-4)cc(C)c1.[Ir]. The molecule has 0 saturated carbocycles. The van der Waals surface area contributed by atoms with Gasteiger partial charge in [0.15, 0.2) is 11.6 Å². The first kappa shape index (κ1) is 32.1. The van der Waals surface area contributed by atoms with Crippen molar-refractivity contribution < 1.29 is 34.8 Å². The molecule has 0 fully saturated rings. The Labute approximate surface area is 257 Å². The topological polar surface area (TPSA) is 67.3 Å². The monoisotopic (exact) mass is 725 g/mol. The number of aromatic nitrogens is 1. The molecule has 1 aromatic heterocycles. The Balaban J connectivity index is 0.000000284. The maximum absolute atomic E-state index is 13.0. The van der Waals surface area contributed by atoms with Crippen molar-refractivity contribution in [1.82, 2.24) is 4.98 Å². The summed E-state index contributed by atoms with van der Waals surface area (Å²) in [7, 11) is 0. The van der Waals surface area contributed by atoms with Gasteiger partial charge in [-0.25, -0.2) is 0 Å². The first-order chi connectivity index (χ1) is 18.9. The molecule has 0 spiro atoms. The molecule has 215 valence electrons. The summed E-state index contributed by atoms with van der Waals surface area (Å²) >= 11 is 0. The van der Waals surface area contributed by atoms with Crippen molar-refractivity contribution in [3.05, 3.63) is 100 Å². The third kappa shape index (κ3) is 7.47. The molecular formula is C36H38IrNO3-. The van der Waals surface area contributed by atoms with E-state index in [0.29, 0.717) is 24.7 Å². The van der Waals surface area contributed by atoms with Crippen LogP contribution in [0.15, 0.2) is 66.6 Å². The number of aliphatic hydroxyl groups is 1. The summed E-state index contributed by atoms with van der Waals surface area (Å²) < 4.78 is 0. The number of carbonyl (C=O) groups excluding carboxylic acids is 2. The number of pyridine rings is 1. The number of ketones is 2. The summed E-state index contributed by atoms with van der Waals surface area (Å²) in [6, 6.07) is 19.7. The van der Waals surface area contributed by atoms with Crippen molar-refractivity contribution in [2.75, 3.05) is 0 Å². The molecule has 0 unspecified atom stereocenters. The third-order valence-corrected chi connectivity index (χ3v) is 6.89. The van der Waals surface area contributed by atoms with Gasteiger partial charge in [0.2, 0.25) is 0 Å². The van der Waals surface area contributed by atoms with Crippen LogP contribution in [0.4, 0.5) is 0 Å². The number of benzene rings is 3. The number of hydrogen-bond acceptors (Lipinski definition) is 4. The predicted octanol–water partition coefficient (Wildman–Crippen LogP) is 8.93. The maximum Gasteiger partial charge on any atom is 0.194 e. The molecule has 41 heavy (non-hydrogen) atoms. The Morgan fingerprint density at radius 2 is 1.63 bits per heavy atom. The smallest absolute Gasteiger partial charge is 0.194 e. The number of nitrogens with zero attached hydrogens (tertiary/aromatic N) is 1. The minimum Gasteiger partial charge on any atom is -0.512 e. The van der Waals surface area contributed by atoms with Crippen molar-refractivity contribution in [2.24, 2.45) is 11.8 Å². The molecule has 1 radical (unpaired) electrons. The number of aryl methyl sites for hydroxylation is 3. The van der Waals surface area contributed by atoms with Gasteiger partial charge < -0.3 is 10.1 Å². The fraction of sp³-hybridized carbons (Fsp3) is 0.306. The van der Waals surface area contributed by atoms with Crippen LogP contribution in [0.1, 0.15) is 73.1 Å². The minimum absolute atomic E-state index is 0. The van der Waals surface area contributed by atoms with E-state index in [2.05, 4.69) is 49.2 Å². The van der Waals surface area contributed by atoms with Gasteiger partial charge in [-0.2, -0.15) is 0 Å². The average molecular weight is 725 g/mol. The third-order valence-electron chi connectivity index (χ3n) is 6.89. The molecule has 4 nitrogen and oxygen atoms in total. The van der Waals surface area contributed by atoms with Gasteiger partial charge in [-0.1, -0.05) is 59.7 Å². The van der Waals surface area contributed by atoms with Crippen LogP contribution in [0.3, 0.4) is 0 Å². The van der Waals surface area contributed by atoms with Gasteiger partial charge in [0, 0.05) is 56.3 Å². The summed E-state index contributed by atoms with van der Waals surface area (Å²) in [4.78, 5) is 28.9. The van der Waals surface area contributed by atoms with Crippen LogP contribution in [0.2, 0.25) is 0 Å². The van der Waals surface area contributed by atoms with Crippen molar-refractivity contribution in [1.29, 1.82) is 0 Å². The van der Waals surface area contributed by atoms with Crippen molar-refractivity contribution in [3.8, 4) is 22.4 Å². The van der Waals surface area contributed by atoms with Crippen LogP contribution in [-0.2, 0) is 24.9 Å². The van der Waals surface area contributed by atoms with Crippen molar-refractivity contribution >= 4 is 22.3 Å². The van der Waals surface area contributed by atoms with E-state index in [4.69, 9.17) is 0 Å². The van der Waals surface area contributed by atoms with Crippen LogP contribution in [0.5, 0.6) is 0 Å². The molecular weight excluding hydrogens is 687 g/mol. The van der Waals surface area contributed by atoms with Crippen LogP contribution < -0.4 is 0 Å². The Morgan fingerprint density at radius 1 is 0.927 bits per heavy atom. The number of aliphatic hydroxyl groups excluding tert-OH is 1. The molecule has 5 heteroatoms. The summed E-state index contributed by atoms with van der Waals surface area (Å²) in [6.45, 7) is 14.2. The largest absolute Gasteiger partial charge is 0.512 e. The Kier molecular flexibility index (Phi) is 10.6. The number of rotatable bonds is 6. The quantitative estimate of drug-likeness (QED) is 0.108. The second-order valence-electron chi connectivity index (χ2n) is 11.7. The van der Waals surface area contributed by atoms with Gasteiger partial charge in [0.25, 0.3) is 0 Å². The Hall–Kier alpha value is -3.40. The number of fused-ring (bicyclic) bond motifs is 4. The average Bonchev–Trinajstić information content (AvgIpc) is 3.13. The normalized spacial score (nSPS) is 12.1. The standard InChI is InChI=1S/C25H18NO.C11H20O2.Ir/c1-14-9-15(2)11-18(10-14)24-20-13-22-21(12-17(20)7-8-26-24)23-16(3)5-4-6-19(23)25(22)27;1-8(2)5-10(12)7-11(13)6-9(3)4;/h4-10,12-13H,1-3H3;7-9,12H,5-6H2,1-4H3;/q-1;;/b;10-7-;. The Bertz CT molecular complexity index is 1610. The van der Waals surface area contributed by atoms with E-state index in [1.165, 1.54) is 11.6 Å². The molecule has 1 aliphatic carbocycles. The van der Waals surface area contributed by atoms with Crippen LogP contribution in [0, 0.1) is 38.7 Å². The number of carbonyl (C=O) groups is 2. The van der Waals surface area contributed by atoms with Gasteiger partial charge in [0.1, 0.15) is 0 Å². The van der Waals surface area contributed by atoms with E-state index in [1.54, 1.807) is 0 Å². The molecule has 4 aromatic rings. The minimum atomic E-state index is 0. The van der Waals surface area contributed by atoms with Crippen LogP contribution in [-0.4, -0.2) is 21.7 Å². The fourth-order valence-corrected chi connectivity index (χ4v) is 5.34. The maximum atomic E-state index is 13.0. The van der Waals surface area contributed by atoms with Crippen molar-refractivity contribution in [3.63, 3.8) is 0 Å². The molecule has 0 atom stereocenters. The number of hydrogen-bond donors (Lipinski definition) is 1. The zero-order valence-corrected chi connectivity index (χ0v) is 27.3. The van der Waals surface area contributed by atoms with Gasteiger partial charge in [-0.3, -0.25) is 9.59 Å². The summed E-state index contributed by atoms with van der Waals surface area (Å²) in [5, 5.41) is 11.4. The van der Waals surface area contributed by atoms with Gasteiger partial charge >= 0.3 is 0 Å². The molecule has 1 aliphatic rings. The van der Waals surface area contributed by atoms with E-state index < -0.39 is 0 Å².